The van der Waals surface area contributed by atoms with Crippen molar-refractivity contribution in [2.24, 2.45) is 5.92 Å². The first-order valence-corrected chi connectivity index (χ1v) is 12.5. The lowest BCUT2D eigenvalue weighted by molar-refractivity contribution is -0.126. The van der Waals surface area contributed by atoms with Crippen LogP contribution in [-0.2, 0) is 14.8 Å². The number of nitrogens with one attached hydrogen (secondary N) is 1. The SMILES string of the molecule is Cc1nc2cc(S(=O)(=O)N3CCC(C(=O)NC(C)C)CC3)ccc2n1C1CCCC1. The summed E-state index contributed by atoms with van der Waals surface area (Å²) in [4.78, 5) is 17.2. The topological polar surface area (TPSA) is 84.3 Å². The smallest absolute Gasteiger partial charge is 0.243 e. The number of aromatic nitrogens is 2. The highest BCUT2D eigenvalue weighted by Crippen LogP contribution is 2.34. The first kappa shape index (κ1) is 21.3. The second kappa shape index (κ2) is 8.30. The number of carbonyl (C=O) groups excluding carboxylic acids is 1. The molecule has 1 N–H and O–H groups in total. The van der Waals surface area contributed by atoms with Crippen LogP contribution in [0.1, 0.15) is 64.2 Å². The maximum atomic E-state index is 13.2. The van der Waals surface area contributed by atoms with Crippen LogP contribution in [0.2, 0.25) is 0 Å². The van der Waals surface area contributed by atoms with E-state index < -0.39 is 10.0 Å². The average molecular weight is 433 g/mol. The highest BCUT2D eigenvalue weighted by Gasteiger charge is 2.32. The molecule has 30 heavy (non-hydrogen) atoms. The summed E-state index contributed by atoms with van der Waals surface area (Å²) in [5.74, 6) is 0.853. The van der Waals surface area contributed by atoms with Crippen molar-refractivity contribution in [3.05, 3.63) is 24.0 Å². The summed E-state index contributed by atoms with van der Waals surface area (Å²) in [7, 11) is -3.60. The second-order valence-electron chi connectivity index (χ2n) is 8.96. The largest absolute Gasteiger partial charge is 0.354 e. The Morgan fingerprint density at radius 3 is 2.43 bits per heavy atom. The van der Waals surface area contributed by atoms with E-state index in [1.54, 1.807) is 12.1 Å². The summed E-state index contributed by atoms with van der Waals surface area (Å²) < 4.78 is 30.2. The first-order chi connectivity index (χ1) is 14.3. The van der Waals surface area contributed by atoms with Crippen molar-refractivity contribution in [3.63, 3.8) is 0 Å². The third-order valence-corrected chi connectivity index (χ3v) is 8.32. The van der Waals surface area contributed by atoms with E-state index >= 15 is 0 Å². The minimum Gasteiger partial charge on any atom is -0.354 e. The number of nitrogens with zero attached hydrogens (tertiary/aromatic N) is 3. The van der Waals surface area contributed by atoms with Crippen LogP contribution in [0.4, 0.5) is 0 Å². The van der Waals surface area contributed by atoms with Gasteiger partial charge in [-0.25, -0.2) is 13.4 Å². The Balaban J connectivity index is 1.53. The van der Waals surface area contributed by atoms with Crippen LogP contribution >= 0.6 is 0 Å². The van der Waals surface area contributed by atoms with Crippen molar-refractivity contribution in [1.82, 2.24) is 19.2 Å². The van der Waals surface area contributed by atoms with E-state index in [1.807, 2.05) is 26.8 Å². The predicted molar refractivity (Wildman–Crippen MR) is 117 cm³/mol. The van der Waals surface area contributed by atoms with Crippen molar-refractivity contribution in [2.75, 3.05) is 13.1 Å². The molecule has 164 valence electrons. The average Bonchev–Trinajstić information content (AvgIpc) is 3.33. The molecule has 4 rings (SSSR count). The van der Waals surface area contributed by atoms with Gasteiger partial charge in [0.2, 0.25) is 15.9 Å². The second-order valence-corrected chi connectivity index (χ2v) is 10.9. The molecule has 1 saturated heterocycles. The fourth-order valence-corrected chi connectivity index (χ4v) is 6.38. The number of sulfonamides is 1. The molecule has 0 spiro atoms. The van der Waals surface area contributed by atoms with E-state index in [0.717, 1.165) is 29.7 Å². The minimum absolute atomic E-state index is 0.0244. The number of hydrogen-bond acceptors (Lipinski definition) is 4. The fourth-order valence-electron chi connectivity index (χ4n) is 4.89. The van der Waals surface area contributed by atoms with E-state index in [-0.39, 0.29) is 22.8 Å². The van der Waals surface area contributed by atoms with Gasteiger partial charge in [0.05, 0.1) is 15.9 Å². The summed E-state index contributed by atoms with van der Waals surface area (Å²) in [6.45, 7) is 6.60. The van der Waals surface area contributed by atoms with Crippen LogP contribution in [-0.4, -0.2) is 47.3 Å². The number of benzene rings is 1. The summed E-state index contributed by atoms with van der Waals surface area (Å²) in [6, 6.07) is 5.89. The van der Waals surface area contributed by atoms with Crippen LogP contribution in [0.15, 0.2) is 23.1 Å². The van der Waals surface area contributed by atoms with E-state index in [2.05, 4.69) is 14.9 Å². The summed E-state index contributed by atoms with van der Waals surface area (Å²) in [6.07, 6.45) is 5.89. The van der Waals surface area contributed by atoms with Crippen molar-refractivity contribution in [3.8, 4) is 0 Å². The molecule has 1 amide bonds. The van der Waals surface area contributed by atoms with Gasteiger partial charge in [-0.3, -0.25) is 4.79 Å². The molecule has 7 nitrogen and oxygen atoms in total. The number of fused-ring (bicyclic) bond motifs is 1. The zero-order valence-electron chi connectivity index (χ0n) is 18.1. The predicted octanol–water partition coefficient (Wildman–Crippen LogP) is 3.39. The molecule has 0 radical (unpaired) electrons. The molecule has 1 aromatic carbocycles. The Bertz CT molecular complexity index is 1030. The quantitative estimate of drug-likeness (QED) is 0.785. The Morgan fingerprint density at radius 1 is 1.13 bits per heavy atom. The van der Waals surface area contributed by atoms with Gasteiger partial charge in [0.15, 0.2) is 0 Å². The van der Waals surface area contributed by atoms with Crippen molar-refractivity contribution in [1.29, 1.82) is 0 Å². The van der Waals surface area contributed by atoms with Gasteiger partial charge >= 0.3 is 0 Å². The molecule has 8 heteroatoms. The first-order valence-electron chi connectivity index (χ1n) is 11.1. The van der Waals surface area contributed by atoms with Crippen LogP contribution < -0.4 is 5.32 Å². The molecule has 2 aliphatic rings. The minimum atomic E-state index is -3.60. The van der Waals surface area contributed by atoms with Gasteiger partial charge in [0, 0.05) is 31.1 Å². The highest BCUT2D eigenvalue weighted by atomic mass is 32.2. The van der Waals surface area contributed by atoms with Gasteiger partial charge in [0.25, 0.3) is 0 Å². The van der Waals surface area contributed by atoms with Crippen molar-refractivity contribution in [2.45, 2.75) is 76.3 Å². The number of carbonyl (C=O) groups is 1. The lowest BCUT2D eigenvalue weighted by atomic mass is 9.97. The maximum Gasteiger partial charge on any atom is 0.243 e. The normalized spacial score (nSPS) is 19.7. The number of imidazole rings is 1. The van der Waals surface area contributed by atoms with Crippen molar-refractivity contribution >= 4 is 27.0 Å². The molecule has 2 fully saturated rings. The summed E-state index contributed by atoms with van der Waals surface area (Å²) in [5, 5.41) is 2.93. The van der Waals surface area contributed by atoms with E-state index in [4.69, 9.17) is 0 Å². The zero-order valence-corrected chi connectivity index (χ0v) is 18.9. The number of aryl methyl sites for hydroxylation is 1. The van der Waals surface area contributed by atoms with Crippen molar-refractivity contribution < 1.29 is 13.2 Å². The van der Waals surface area contributed by atoms with E-state index in [0.29, 0.717) is 32.0 Å². The molecule has 2 aromatic rings. The standard InChI is InChI=1S/C22H32N4O3S/c1-15(2)23-22(27)17-10-12-25(13-11-17)30(28,29)19-8-9-21-20(14-19)24-16(3)26(21)18-6-4-5-7-18/h8-9,14-15,17-18H,4-7,10-13H2,1-3H3,(H,23,27). The summed E-state index contributed by atoms with van der Waals surface area (Å²) in [5.41, 5.74) is 1.76. The Labute approximate surface area is 178 Å². The third-order valence-electron chi connectivity index (χ3n) is 6.42. The Hall–Kier alpha value is -1.93. The van der Waals surface area contributed by atoms with Crippen LogP contribution in [0.3, 0.4) is 0 Å². The Kier molecular flexibility index (Phi) is 5.90. The van der Waals surface area contributed by atoms with E-state index in [9.17, 15) is 13.2 Å². The van der Waals surface area contributed by atoms with Gasteiger partial charge in [-0.1, -0.05) is 12.8 Å². The van der Waals surface area contributed by atoms with Crippen LogP contribution in [0, 0.1) is 12.8 Å². The molecule has 1 aliphatic carbocycles. The van der Waals surface area contributed by atoms with Gasteiger partial charge in [0.1, 0.15) is 5.82 Å². The van der Waals surface area contributed by atoms with E-state index in [1.165, 1.54) is 17.1 Å². The number of amides is 1. The number of hydrogen-bond donors (Lipinski definition) is 1. The molecule has 0 atom stereocenters. The summed E-state index contributed by atoms with van der Waals surface area (Å²) >= 11 is 0. The molecule has 1 aliphatic heterocycles. The maximum absolute atomic E-state index is 13.2. The zero-order chi connectivity index (χ0) is 21.5. The highest BCUT2D eigenvalue weighted by molar-refractivity contribution is 7.89. The molecule has 2 heterocycles. The lowest BCUT2D eigenvalue weighted by Gasteiger charge is -2.31. The Morgan fingerprint density at radius 2 is 1.80 bits per heavy atom. The molecular formula is C22H32N4O3S. The lowest BCUT2D eigenvalue weighted by Crippen LogP contribution is -2.44. The van der Waals surface area contributed by atoms with Gasteiger partial charge in [-0.05, 0) is 64.7 Å². The molecular weight excluding hydrogens is 400 g/mol. The van der Waals surface area contributed by atoms with Gasteiger partial charge < -0.3 is 9.88 Å². The molecule has 0 unspecified atom stereocenters. The fraction of sp³-hybridized carbons (Fsp3) is 0.636. The van der Waals surface area contributed by atoms with Crippen LogP contribution in [0.5, 0.6) is 0 Å². The number of piperidine rings is 1. The van der Waals surface area contributed by atoms with Gasteiger partial charge in [-0.2, -0.15) is 4.31 Å². The monoisotopic (exact) mass is 432 g/mol. The van der Waals surface area contributed by atoms with Crippen LogP contribution in [0.25, 0.3) is 11.0 Å². The molecule has 1 aromatic heterocycles. The molecule has 0 bridgehead atoms. The van der Waals surface area contributed by atoms with Gasteiger partial charge in [-0.15, -0.1) is 0 Å². The number of rotatable bonds is 5. The third kappa shape index (κ3) is 3.99. The molecule has 1 saturated carbocycles.